The van der Waals surface area contributed by atoms with Gasteiger partial charge in [0.05, 0.1) is 5.54 Å². The van der Waals surface area contributed by atoms with E-state index in [4.69, 9.17) is 0 Å². The fourth-order valence-corrected chi connectivity index (χ4v) is 3.31. The highest BCUT2D eigenvalue weighted by Crippen LogP contribution is 2.28. The molecule has 2 heterocycles. The Labute approximate surface area is 105 Å². The van der Waals surface area contributed by atoms with Gasteiger partial charge in [0, 0.05) is 13.1 Å². The monoisotopic (exact) mass is 238 g/mol. The highest BCUT2D eigenvalue weighted by atomic mass is 16.2. The molecule has 0 aromatic rings. The van der Waals surface area contributed by atoms with E-state index in [0.29, 0.717) is 5.91 Å². The van der Waals surface area contributed by atoms with Gasteiger partial charge >= 0.3 is 0 Å². The van der Waals surface area contributed by atoms with Gasteiger partial charge in [-0.1, -0.05) is 26.2 Å². The van der Waals surface area contributed by atoms with Crippen LogP contribution in [0.4, 0.5) is 0 Å². The summed E-state index contributed by atoms with van der Waals surface area (Å²) in [6, 6.07) is 0. The molecule has 1 amide bonds. The average Bonchev–Trinajstić information content (AvgIpc) is 2.65. The van der Waals surface area contributed by atoms with E-state index in [1.165, 1.54) is 25.7 Å². The zero-order valence-corrected chi connectivity index (χ0v) is 11.1. The SMILES string of the molecule is CCCC1(C(=O)N2CCCCCC2)CCCN1. The quantitative estimate of drug-likeness (QED) is 0.818. The molecule has 2 fully saturated rings. The average molecular weight is 238 g/mol. The minimum Gasteiger partial charge on any atom is -0.341 e. The van der Waals surface area contributed by atoms with Gasteiger partial charge in [0.25, 0.3) is 0 Å². The Morgan fingerprint density at radius 2 is 1.88 bits per heavy atom. The first-order chi connectivity index (χ1) is 8.28. The second-order valence-corrected chi connectivity index (χ2v) is 5.57. The van der Waals surface area contributed by atoms with E-state index < -0.39 is 0 Å². The van der Waals surface area contributed by atoms with Gasteiger partial charge < -0.3 is 10.2 Å². The van der Waals surface area contributed by atoms with Crippen LogP contribution in [0.15, 0.2) is 0 Å². The smallest absolute Gasteiger partial charge is 0.242 e. The van der Waals surface area contributed by atoms with Gasteiger partial charge in [0.15, 0.2) is 0 Å². The molecule has 3 nitrogen and oxygen atoms in total. The van der Waals surface area contributed by atoms with Crippen LogP contribution in [0.1, 0.15) is 58.3 Å². The summed E-state index contributed by atoms with van der Waals surface area (Å²) < 4.78 is 0. The van der Waals surface area contributed by atoms with Crippen LogP contribution in [0.2, 0.25) is 0 Å². The van der Waals surface area contributed by atoms with Crippen molar-refractivity contribution >= 4 is 5.91 Å². The molecular formula is C14H26N2O. The third-order valence-corrected chi connectivity index (χ3v) is 4.22. The lowest BCUT2D eigenvalue weighted by atomic mass is 9.90. The minimum absolute atomic E-state index is 0.209. The summed E-state index contributed by atoms with van der Waals surface area (Å²) in [5.41, 5.74) is -0.209. The van der Waals surface area contributed by atoms with Crippen LogP contribution in [0, 0.1) is 0 Å². The number of amides is 1. The van der Waals surface area contributed by atoms with Crippen molar-refractivity contribution in [1.82, 2.24) is 10.2 Å². The van der Waals surface area contributed by atoms with Crippen molar-refractivity contribution in [3.05, 3.63) is 0 Å². The summed E-state index contributed by atoms with van der Waals surface area (Å²) in [4.78, 5) is 14.9. The second-order valence-electron chi connectivity index (χ2n) is 5.57. The third kappa shape index (κ3) is 2.82. The van der Waals surface area contributed by atoms with Crippen molar-refractivity contribution in [2.45, 2.75) is 63.8 Å². The molecule has 0 aromatic carbocycles. The minimum atomic E-state index is -0.209. The van der Waals surface area contributed by atoms with E-state index in [2.05, 4.69) is 17.1 Å². The number of nitrogens with zero attached hydrogens (tertiary/aromatic N) is 1. The summed E-state index contributed by atoms with van der Waals surface area (Å²) in [7, 11) is 0. The largest absolute Gasteiger partial charge is 0.341 e. The molecule has 2 saturated heterocycles. The summed E-state index contributed by atoms with van der Waals surface area (Å²) in [5, 5.41) is 3.50. The molecule has 2 aliphatic rings. The second kappa shape index (κ2) is 5.85. The molecular weight excluding hydrogens is 212 g/mol. The topological polar surface area (TPSA) is 32.3 Å². The fourth-order valence-electron chi connectivity index (χ4n) is 3.31. The molecule has 0 aliphatic carbocycles. The Bertz CT molecular complexity index is 251. The van der Waals surface area contributed by atoms with E-state index in [0.717, 1.165) is 45.3 Å². The maximum atomic E-state index is 12.7. The van der Waals surface area contributed by atoms with Gasteiger partial charge in [-0.15, -0.1) is 0 Å². The predicted molar refractivity (Wildman–Crippen MR) is 69.9 cm³/mol. The first kappa shape index (κ1) is 12.9. The molecule has 2 aliphatic heterocycles. The number of rotatable bonds is 3. The van der Waals surface area contributed by atoms with Gasteiger partial charge in [0.2, 0.25) is 5.91 Å². The maximum absolute atomic E-state index is 12.7. The Morgan fingerprint density at radius 3 is 2.41 bits per heavy atom. The Morgan fingerprint density at radius 1 is 1.18 bits per heavy atom. The summed E-state index contributed by atoms with van der Waals surface area (Å²) in [6.07, 6.45) is 9.24. The van der Waals surface area contributed by atoms with E-state index in [1.807, 2.05) is 0 Å². The number of carbonyl (C=O) groups excluding carboxylic acids is 1. The lowest BCUT2D eigenvalue weighted by Crippen LogP contribution is -2.55. The fraction of sp³-hybridized carbons (Fsp3) is 0.929. The van der Waals surface area contributed by atoms with Crippen LogP contribution in [-0.4, -0.2) is 36.0 Å². The van der Waals surface area contributed by atoms with E-state index in [-0.39, 0.29) is 5.54 Å². The molecule has 1 unspecified atom stereocenters. The number of likely N-dealkylation sites (tertiary alicyclic amines) is 1. The Kier molecular flexibility index (Phi) is 4.43. The van der Waals surface area contributed by atoms with E-state index in [9.17, 15) is 4.79 Å². The van der Waals surface area contributed by atoms with Gasteiger partial charge in [-0.05, 0) is 38.6 Å². The Hall–Kier alpha value is -0.570. The summed E-state index contributed by atoms with van der Waals surface area (Å²) in [6.45, 7) is 5.15. The number of hydrogen-bond acceptors (Lipinski definition) is 2. The molecule has 3 heteroatoms. The van der Waals surface area contributed by atoms with Crippen molar-refractivity contribution in [3.63, 3.8) is 0 Å². The molecule has 0 spiro atoms. The number of nitrogens with one attached hydrogen (secondary N) is 1. The van der Waals surface area contributed by atoms with Crippen LogP contribution >= 0.6 is 0 Å². The molecule has 1 atom stereocenters. The zero-order valence-electron chi connectivity index (χ0n) is 11.1. The first-order valence-corrected chi connectivity index (χ1v) is 7.33. The van der Waals surface area contributed by atoms with Gasteiger partial charge in [0.1, 0.15) is 0 Å². The first-order valence-electron chi connectivity index (χ1n) is 7.33. The molecule has 2 rings (SSSR count). The molecule has 98 valence electrons. The van der Waals surface area contributed by atoms with Crippen LogP contribution in [-0.2, 0) is 4.79 Å². The lowest BCUT2D eigenvalue weighted by molar-refractivity contribution is -0.138. The molecule has 0 bridgehead atoms. The standard InChI is InChI=1S/C14H26N2O/c1-2-8-14(9-7-10-15-14)13(17)16-11-5-3-4-6-12-16/h15H,2-12H2,1H3. The number of carbonyl (C=O) groups is 1. The Balaban J connectivity index is 2.04. The van der Waals surface area contributed by atoms with Gasteiger partial charge in [-0.3, -0.25) is 4.79 Å². The van der Waals surface area contributed by atoms with Crippen molar-refractivity contribution in [1.29, 1.82) is 0 Å². The van der Waals surface area contributed by atoms with Gasteiger partial charge in [-0.2, -0.15) is 0 Å². The van der Waals surface area contributed by atoms with Crippen LogP contribution in [0.25, 0.3) is 0 Å². The number of hydrogen-bond donors (Lipinski definition) is 1. The zero-order chi connectivity index (χ0) is 12.1. The summed E-state index contributed by atoms with van der Waals surface area (Å²) in [5.74, 6) is 0.388. The summed E-state index contributed by atoms with van der Waals surface area (Å²) >= 11 is 0. The van der Waals surface area contributed by atoms with E-state index in [1.54, 1.807) is 0 Å². The van der Waals surface area contributed by atoms with Crippen LogP contribution < -0.4 is 5.32 Å². The normalized spacial score (nSPS) is 30.3. The lowest BCUT2D eigenvalue weighted by Gasteiger charge is -2.34. The highest BCUT2D eigenvalue weighted by molar-refractivity contribution is 5.86. The van der Waals surface area contributed by atoms with Crippen molar-refractivity contribution in [2.24, 2.45) is 0 Å². The predicted octanol–water partition coefficient (Wildman–Crippen LogP) is 2.31. The maximum Gasteiger partial charge on any atom is 0.242 e. The van der Waals surface area contributed by atoms with Crippen molar-refractivity contribution in [3.8, 4) is 0 Å². The van der Waals surface area contributed by atoms with Gasteiger partial charge in [-0.25, -0.2) is 0 Å². The molecule has 17 heavy (non-hydrogen) atoms. The third-order valence-electron chi connectivity index (χ3n) is 4.22. The van der Waals surface area contributed by atoms with Crippen molar-refractivity contribution < 1.29 is 4.79 Å². The highest BCUT2D eigenvalue weighted by Gasteiger charge is 2.42. The molecule has 0 aromatic heterocycles. The van der Waals surface area contributed by atoms with Crippen LogP contribution in [0.3, 0.4) is 0 Å². The van der Waals surface area contributed by atoms with E-state index >= 15 is 0 Å². The molecule has 0 radical (unpaired) electrons. The molecule has 1 N–H and O–H groups in total. The van der Waals surface area contributed by atoms with Crippen molar-refractivity contribution in [2.75, 3.05) is 19.6 Å². The molecule has 0 saturated carbocycles. The van der Waals surface area contributed by atoms with Crippen LogP contribution in [0.5, 0.6) is 0 Å².